The van der Waals surface area contributed by atoms with Crippen molar-refractivity contribution >= 4 is 27.6 Å². The van der Waals surface area contributed by atoms with Crippen LogP contribution in [0.3, 0.4) is 0 Å². The zero-order valence-electron chi connectivity index (χ0n) is 16.4. The Kier molecular flexibility index (Phi) is 6.60. The molecule has 0 spiro atoms. The van der Waals surface area contributed by atoms with Gasteiger partial charge in [0.1, 0.15) is 28.2 Å². The van der Waals surface area contributed by atoms with Crippen LogP contribution in [-0.4, -0.2) is 54.7 Å². The number of rotatable bonds is 8. The molecule has 3 rings (SSSR count). The van der Waals surface area contributed by atoms with E-state index in [1.807, 2.05) is 0 Å². The third-order valence-electron chi connectivity index (χ3n) is 4.99. The van der Waals surface area contributed by atoms with E-state index in [9.17, 15) is 23.3 Å². The van der Waals surface area contributed by atoms with Crippen LogP contribution in [0, 0.1) is 16.0 Å². The molecule has 1 aromatic heterocycles. The first-order valence-electron chi connectivity index (χ1n) is 9.42. The zero-order valence-corrected chi connectivity index (χ0v) is 17.2. The van der Waals surface area contributed by atoms with Crippen molar-refractivity contribution in [1.29, 1.82) is 0 Å². The van der Waals surface area contributed by atoms with Crippen molar-refractivity contribution < 1.29 is 22.9 Å². The summed E-state index contributed by atoms with van der Waals surface area (Å²) in [4.78, 5) is 31.8. The van der Waals surface area contributed by atoms with Gasteiger partial charge in [-0.3, -0.25) is 14.9 Å². The van der Waals surface area contributed by atoms with E-state index in [1.165, 1.54) is 36.8 Å². The molecule has 2 aromatic rings. The van der Waals surface area contributed by atoms with Gasteiger partial charge in [-0.05, 0) is 49.4 Å². The van der Waals surface area contributed by atoms with Crippen molar-refractivity contribution in [2.75, 3.05) is 30.0 Å². The Morgan fingerprint density at radius 2 is 1.90 bits per heavy atom. The first kappa shape index (κ1) is 21.6. The average molecular weight is 434 g/mol. The van der Waals surface area contributed by atoms with E-state index in [4.69, 9.17) is 4.74 Å². The van der Waals surface area contributed by atoms with Gasteiger partial charge >= 0.3 is 11.6 Å². The number of sulfone groups is 1. The Morgan fingerprint density at radius 3 is 2.47 bits per heavy atom. The Hall–Kier alpha value is -3.08. The Bertz CT molecular complexity index is 1020. The molecule has 0 amide bonds. The topological polar surface area (TPSA) is 133 Å². The van der Waals surface area contributed by atoms with E-state index in [0.717, 1.165) is 12.8 Å². The maximum Gasteiger partial charge on any atom is 0.373 e. The van der Waals surface area contributed by atoms with Gasteiger partial charge < -0.3 is 9.64 Å². The van der Waals surface area contributed by atoms with Gasteiger partial charge in [-0.2, -0.15) is 4.98 Å². The van der Waals surface area contributed by atoms with Gasteiger partial charge in [-0.15, -0.1) is 0 Å². The molecule has 10 nitrogen and oxygen atoms in total. The number of nitro groups is 1. The molecule has 160 valence electrons. The van der Waals surface area contributed by atoms with Gasteiger partial charge in [0.05, 0.1) is 10.7 Å². The van der Waals surface area contributed by atoms with E-state index in [-0.39, 0.29) is 29.1 Å². The summed E-state index contributed by atoms with van der Waals surface area (Å²) < 4.78 is 28.3. The quantitative estimate of drug-likeness (QED) is 0.349. The molecule has 1 aliphatic heterocycles. The number of benzene rings is 1. The van der Waals surface area contributed by atoms with Crippen molar-refractivity contribution in [3.63, 3.8) is 0 Å². The minimum atomic E-state index is -3.01. The molecule has 1 aromatic carbocycles. The molecule has 0 aliphatic carbocycles. The first-order valence-corrected chi connectivity index (χ1v) is 11.5. The summed E-state index contributed by atoms with van der Waals surface area (Å²) in [5.41, 5.74) is 0.130. The van der Waals surface area contributed by atoms with Crippen LogP contribution in [0.4, 0.5) is 11.5 Å². The highest BCUT2D eigenvalue weighted by Crippen LogP contribution is 2.37. The Morgan fingerprint density at radius 1 is 1.23 bits per heavy atom. The second-order valence-corrected chi connectivity index (χ2v) is 9.51. The number of carbonyl (C=O) groups excluding carboxylic acids is 1. The van der Waals surface area contributed by atoms with Crippen LogP contribution in [0.1, 0.15) is 29.6 Å². The highest BCUT2D eigenvalue weighted by atomic mass is 32.2. The molecule has 0 saturated carbocycles. The van der Waals surface area contributed by atoms with Gasteiger partial charge in [0.25, 0.3) is 0 Å². The second kappa shape index (κ2) is 9.16. The Labute approximate surface area is 174 Å². The van der Waals surface area contributed by atoms with Crippen molar-refractivity contribution in [1.82, 2.24) is 9.97 Å². The summed E-state index contributed by atoms with van der Waals surface area (Å²) in [7, 11) is -3.01. The molecule has 0 unspecified atom stereocenters. The Balaban J connectivity index is 1.76. The van der Waals surface area contributed by atoms with E-state index in [0.29, 0.717) is 37.1 Å². The number of piperidine rings is 1. The lowest BCUT2D eigenvalue weighted by molar-refractivity contribution is -0.385. The third kappa shape index (κ3) is 5.50. The van der Waals surface area contributed by atoms with Gasteiger partial charge in [0.15, 0.2) is 0 Å². The normalized spacial score (nSPS) is 15.0. The van der Waals surface area contributed by atoms with Crippen LogP contribution < -0.4 is 9.64 Å². The van der Waals surface area contributed by atoms with Gasteiger partial charge in [-0.25, -0.2) is 13.4 Å². The summed E-state index contributed by atoms with van der Waals surface area (Å²) in [6.45, 7) is 1.06. The van der Waals surface area contributed by atoms with Gasteiger partial charge in [-0.1, -0.05) is 0 Å². The SMILES string of the molecule is CS(=O)(=O)CCC1CCN(c2ncnc(Oc3ccc(C=O)cc3)c2[N+](=O)[O-])CC1. The highest BCUT2D eigenvalue weighted by molar-refractivity contribution is 7.90. The lowest BCUT2D eigenvalue weighted by Crippen LogP contribution is -2.35. The van der Waals surface area contributed by atoms with Crippen LogP contribution in [0.5, 0.6) is 11.6 Å². The molecule has 0 bridgehead atoms. The number of carbonyl (C=O) groups is 1. The number of anilines is 1. The minimum absolute atomic E-state index is 0.145. The largest absolute Gasteiger partial charge is 0.434 e. The maximum atomic E-state index is 11.8. The van der Waals surface area contributed by atoms with Gasteiger partial charge in [0, 0.05) is 24.9 Å². The predicted octanol–water partition coefficient (Wildman–Crippen LogP) is 2.64. The second-order valence-electron chi connectivity index (χ2n) is 7.25. The van der Waals surface area contributed by atoms with E-state index in [2.05, 4.69) is 9.97 Å². The first-order chi connectivity index (χ1) is 14.3. The lowest BCUT2D eigenvalue weighted by Gasteiger charge is -2.32. The summed E-state index contributed by atoms with van der Waals surface area (Å²) in [5, 5.41) is 11.8. The minimum Gasteiger partial charge on any atom is -0.434 e. The smallest absolute Gasteiger partial charge is 0.373 e. The molecule has 1 aliphatic rings. The summed E-state index contributed by atoms with van der Waals surface area (Å²) in [6.07, 6.45) is 5.16. The molecule has 1 saturated heterocycles. The molecule has 0 radical (unpaired) electrons. The molecule has 1 fully saturated rings. The third-order valence-corrected chi connectivity index (χ3v) is 5.97. The number of ether oxygens (including phenoxy) is 1. The van der Waals surface area contributed by atoms with Crippen molar-refractivity contribution in [3.8, 4) is 11.6 Å². The standard InChI is InChI=1S/C19H22N4O6S/c1-30(27,28)11-8-14-6-9-22(10-7-14)18-17(23(25)26)19(21-13-20-18)29-16-4-2-15(12-24)3-5-16/h2-5,12-14H,6-11H2,1H3. The summed E-state index contributed by atoms with van der Waals surface area (Å²) in [5.74, 6) is 0.711. The molecule has 11 heteroatoms. The van der Waals surface area contributed by atoms with E-state index < -0.39 is 14.8 Å². The summed E-state index contributed by atoms with van der Waals surface area (Å²) >= 11 is 0. The highest BCUT2D eigenvalue weighted by Gasteiger charge is 2.31. The zero-order chi connectivity index (χ0) is 21.7. The number of hydrogen-bond acceptors (Lipinski definition) is 9. The molecular weight excluding hydrogens is 412 g/mol. The summed E-state index contributed by atoms with van der Waals surface area (Å²) in [6, 6.07) is 6.14. The van der Waals surface area contributed by atoms with E-state index in [1.54, 1.807) is 4.90 Å². The van der Waals surface area contributed by atoms with Crippen LogP contribution in [0.15, 0.2) is 30.6 Å². The van der Waals surface area contributed by atoms with Crippen molar-refractivity contribution in [3.05, 3.63) is 46.3 Å². The predicted molar refractivity (Wildman–Crippen MR) is 110 cm³/mol. The van der Waals surface area contributed by atoms with Crippen molar-refractivity contribution in [2.45, 2.75) is 19.3 Å². The average Bonchev–Trinajstić information content (AvgIpc) is 2.72. The molecular formula is C19H22N4O6S. The van der Waals surface area contributed by atoms with Crippen LogP contribution >= 0.6 is 0 Å². The molecule has 0 N–H and O–H groups in total. The maximum absolute atomic E-state index is 11.8. The molecule has 2 heterocycles. The lowest BCUT2D eigenvalue weighted by atomic mass is 9.94. The molecule has 0 atom stereocenters. The molecule has 30 heavy (non-hydrogen) atoms. The van der Waals surface area contributed by atoms with Crippen LogP contribution in [-0.2, 0) is 9.84 Å². The fourth-order valence-corrected chi connectivity index (χ4v) is 4.12. The number of hydrogen-bond donors (Lipinski definition) is 0. The van der Waals surface area contributed by atoms with Gasteiger partial charge in [0.2, 0.25) is 5.82 Å². The monoisotopic (exact) mass is 434 g/mol. The van der Waals surface area contributed by atoms with E-state index >= 15 is 0 Å². The number of nitrogens with zero attached hydrogens (tertiary/aromatic N) is 4. The number of aromatic nitrogens is 2. The van der Waals surface area contributed by atoms with Crippen molar-refractivity contribution in [2.24, 2.45) is 5.92 Å². The van der Waals surface area contributed by atoms with Crippen LogP contribution in [0.25, 0.3) is 0 Å². The fraction of sp³-hybridized carbons (Fsp3) is 0.421. The van der Waals surface area contributed by atoms with Crippen LogP contribution in [0.2, 0.25) is 0 Å². The fourth-order valence-electron chi connectivity index (χ4n) is 3.36. The number of aldehydes is 1.